The van der Waals surface area contributed by atoms with Gasteiger partial charge in [-0.15, -0.1) is 0 Å². The first kappa shape index (κ1) is 16.6. The van der Waals surface area contributed by atoms with E-state index in [1.165, 1.54) is 17.5 Å². The Morgan fingerprint density at radius 2 is 2.12 bits per heavy atom. The molecule has 3 rings (SSSR count). The third kappa shape index (κ3) is 3.64. The zero-order valence-electron chi connectivity index (χ0n) is 14.4. The van der Waals surface area contributed by atoms with Crippen LogP contribution in [0.3, 0.4) is 0 Å². The highest BCUT2D eigenvalue weighted by molar-refractivity contribution is 5.79. The Labute approximate surface area is 142 Å². The van der Waals surface area contributed by atoms with Gasteiger partial charge >= 0.3 is 0 Å². The molecule has 0 spiro atoms. The van der Waals surface area contributed by atoms with E-state index >= 15 is 0 Å². The fraction of sp³-hybridized carbons (Fsp3) is 0.500. The molecular weight excluding hydrogens is 302 g/mol. The molecule has 24 heavy (non-hydrogen) atoms. The van der Waals surface area contributed by atoms with Crippen molar-refractivity contribution in [3.8, 4) is 0 Å². The molecule has 1 aliphatic rings. The van der Waals surface area contributed by atoms with Crippen molar-refractivity contribution in [1.82, 2.24) is 25.0 Å². The Morgan fingerprint density at radius 3 is 2.83 bits per heavy atom. The summed E-state index contributed by atoms with van der Waals surface area (Å²) in [5.41, 5.74) is 2.86. The second-order valence-electron chi connectivity index (χ2n) is 6.35. The smallest absolute Gasteiger partial charge is 0.244 e. The van der Waals surface area contributed by atoms with Crippen LogP contribution in [-0.2, 0) is 17.8 Å². The monoisotopic (exact) mass is 327 g/mol. The zero-order chi connectivity index (χ0) is 16.9. The highest BCUT2D eigenvalue weighted by Gasteiger charge is 2.23. The van der Waals surface area contributed by atoms with Crippen LogP contribution in [0.5, 0.6) is 0 Å². The lowest BCUT2D eigenvalue weighted by atomic mass is 9.98. The lowest BCUT2D eigenvalue weighted by molar-refractivity contribution is -0.124. The van der Waals surface area contributed by atoms with Gasteiger partial charge in [-0.1, -0.05) is 31.2 Å². The number of carbonyl (C=O) groups is 1. The SMILES string of the molecule is CCC(CNC(=O)C(C)n1cncn1)N1CCc2ccccc2C1. The van der Waals surface area contributed by atoms with Crippen molar-refractivity contribution in [3.05, 3.63) is 48.0 Å². The molecule has 0 radical (unpaired) electrons. The number of carbonyl (C=O) groups excluding carboxylic acids is 1. The second kappa shape index (κ2) is 7.57. The maximum Gasteiger partial charge on any atom is 0.244 e. The van der Waals surface area contributed by atoms with Gasteiger partial charge in [0.2, 0.25) is 5.91 Å². The first-order valence-electron chi connectivity index (χ1n) is 8.61. The van der Waals surface area contributed by atoms with Gasteiger partial charge in [-0.2, -0.15) is 5.10 Å². The van der Waals surface area contributed by atoms with Crippen molar-refractivity contribution in [1.29, 1.82) is 0 Å². The molecule has 6 nitrogen and oxygen atoms in total. The fourth-order valence-electron chi connectivity index (χ4n) is 3.26. The Hall–Kier alpha value is -2.21. The Morgan fingerprint density at radius 1 is 1.33 bits per heavy atom. The molecule has 0 bridgehead atoms. The topological polar surface area (TPSA) is 63.1 Å². The predicted octanol–water partition coefficient (Wildman–Crippen LogP) is 1.79. The third-order valence-electron chi connectivity index (χ3n) is 4.87. The van der Waals surface area contributed by atoms with Gasteiger partial charge in [0.1, 0.15) is 18.7 Å². The summed E-state index contributed by atoms with van der Waals surface area (Å²) in [6.45, 7) is 6.68. The number of fused-ring (bicyclic) bond motifs is 1. The van der Waals surface area contributed by atoms with Crippen molar-refractivity contribution in [2.45, 2.75) is 45.3 Å². The van der Waals surface area contributed by atoms with Crippen molar-refractivity contribution in [3.63, 3.8) is 0 Å². The molecule has 1 amide bonds. The number of benzene rings is 1. The van der Waals surface area contributed by atoms with Crippen LogP contribution in [0, 0.1) is 0 Å². The molecule has 0 saturated heterocycles. The normalized spacial score (nSPS) is 17.1. The quantitative estimate of drug-likeness (QED) is 0.879. The molecule has 2 atom stereocenters. The molecule has 2 aromatic rings. The van der Waals surface area contributed by atoms with E-state index < -0.39 is 0 Å². The van der Waals surface area contributed by atoms with E-state index in [1.54, 1.807) is 11.0 Å². The van der Waals surface area contributed by atoms with E-state index in [0.29, 0.717) is 12.6 Å². The van der Waals surface area contributed by atoms with Gasteiger partial charge in [-0.05, 0) is 30.9 Å². The molecule has 1 aromatic heterocycles. The number of amides is 1. The predicted molar refractivity (Wildman–Crippen MR) is 92.4 cm³/mol. The summed E-state index contributed by atoms with van der Waals surface area (Å²) < 4.78 is 1.58. The summed E-state index contributed by atoms with van der Waals surface area (Å²) >= 11 is 0. The van der Waals surface area contributed by atoms with Crippen LogP contribution < -0.4 is 5.32 Å². The van der Waals surface area contributed by atoms with Crippen molar-refractivity contribution in [2.75, 3.05) is 13.1 Å². The molecule has 2 unspecified atom stereocenters. The van der Waals surface area contributed by atoms with Crippen LogP contribution >= 0.6 is 0 Å². The minimum absolute atomic E-state index is 0.0173. The second-order valence-corrected chi connectivity index (χ2v) is 6.35. The van der Waals surface area contributed by atoms with Crippen LogP contribution in [-0.4, -0.2) is 44.7 Å². The Kier molecular flexibility index (Phi) is 5.25. The molecule has 0 saturated carbocycles. The summed E-state index contributed by atoms with van der Waals surface area (Å²) in [6, 6.07) is 8.65. The molecule has 6 heteroatoms. The lowest BCUT2D eigenvalue weighted by Gasteiger charge is -2.35. The fourth-order valence-corrected chi connectivity index (χ4v) is 3.26. The number of nitrogens with one attached hydrogen (secondary N) is 1. The van der Waals surface area contributed by atoms with E-state index in [0.717, 1.165) is 25.9 Å². The van der Waals surface area contributed by atoms with Crippen LogP contribution in [0.1, 0.15) is 37.4 Å². The molecular formula is C18H25N5O. The van der Waals surface area contributed by atoms with Gasteiger partial charge in [0.05, 0.1) is 0 Å². The number of rotatable bonds is 6. The zero-order valence-corrected chi connectivity index (χ0v) is 14.4. The average Bonchev–Trinajstić information content (AvgIpc) is 3.16. The standard InChI is InChI=1S/C18H25N5O/c1-3-17(10-20-18(24)14(2)23-13-19-12-21-23)22-9-8-15-6-4-5-7-16(15)11-22/h4-7,12-14,17H,3,8-11H2,1-2H3,(H,20,24). The van der Waals surface area contributed by atoms with Gasteiger partial charge in [0.15, 0.2) is 0 Å². The third-order valence-corrected chi connectivity index (χ3v) is 4.87. The highest BCUT2D eigenvalue weighted by Crippen LogP contribution is 2.21. The maximum absolute atomic E-state index is 12.3. The summed E-state index contributed by atoms with van der Waals surface area (Å²) in [5, 5.41) is 7.11. The largest absolute Gasteiger partial charge is 0.353 e. The number of hydrogen-bond donors (Lipinski definition) is 1. The summed E-state index contributed by atoms with van der Waals surface area (Å²) in [7, 11) is 0. The Bertz CT molecular complexity index is 670. The average molecular weight is 327 g/mol. The van der Waals surface area contributed by atoms with Crippen LogP contribution in [0.4, 0.5) is 0 Å². The molecule has 2 heterocycles. The number of hydrogen-bond acceptors (Lipinski definition) is 4. The van der Waals surface area contributed by atoms with E-state index in [1.807, 2.05) is 6.92 Å². The summed E-state index contributed by atoms with van der Waals surface area (Å²) in [5.74, 6) is -0.0173. The van der Waals surface area contributed by atoms with E-state index in [4.69, 9.17) is 0 Å². The highest BCUT2D eigenvalue weighted by atomic mass is 16.2. The van der Waals surface area contributed by atoms with Gasteiger partial charge in [0.25, 0.3) is 0 Å². The first-order chi connectivity index (χ1) is 11.7. The minimum atomic E-state index is -0.341. The molecule has 1 aliphatic heterocycles. The molecule has 1 N–H and O–H groups in total. The van der Waals surface area contributed by atoms with E-state index in [-0.39, 0.29) is 11.9 Å². The van der Waals surface area contributed by atoms with Crippen molar-refractivity contribution in [2.24, 2.45) is 0 Å². The van der Waals surface area contributed by atoms with Crippen molar-refractivity contribution < 1.29 is 4.79 Å². The first-order valence-corrected chi connectivity index (χ1v) is 8.61. The Balaban J connectivity index is 1.56. The molecule has 1 aromatic carbocycles. The van der Waals surface area contributed by atoms with Gasteiger partial charge < -0.3 is 5.32 Å². The van der Waals surface area contributed by atoms with E-state index in [2.05, 4.69) is 51.5 Å². The summed E-state index contributed by atoms with van der Waals surface area (Å²) in [4.78, 5) is 18.7. The molecule has 0 fully saturated rings. The van der Waals surface area contributed by atoms with E-state index in [9.17, 15) is 4.79 Å². The van der Waals surface area contributed by atoms with Crippen LogP contribution in [0.25, 0.3) is 0 Å². The van der Waals surface area contributed by atoms with Gasteiger partial charge in [-0.25, -0.2) is 9.67 Å². The number of nitrogens with zero attached hydrogens (tertiary/aromatic N) is 4. The minimum Gasteiger partial charge on any atom is -0.353 e. The summed E-state index contributed by atoms with van der Waals surface area (Å²) in [6.07, 6.45) is 5.11. The lowest BCUT2D eigenvalue weighted by Crippen LogP contribution is -2.46. The van der Waals surface area contributed by atoms with Gasteiger partial charge in [-0.3, -0.25) is 9.69 Å². The van der Waals surface area contributed by atoms with Gasteiger partial charge in [0, 0.05) is 25.7 Å². The maximum atomic E-state index is 12.3. The van der Waals surface area contributed by atoms with Crippen LogP contribution in [0.2, 0.25) is 0 Å². The number of aromatic nitrogens is 3. The molecule has 0 aliphatic carbocycles. The van der Waals surface area contributed by atoms with Crippen LogP contribution in [0.15, 0.2) is 36.9 Å². The molecule has 128 valence electrons. The van der Waals surface area contributed by atoms with Crippen molar-refractivity contribution >= 4 is 5.91 Å².